The first-order valence-corrected chi connectivity index (χ1v) is 7.88. The van der Waals surface area contributed by atoms with Crippen LogP contribution < -0.4 is 10.1 Å². The highest BCUT2D eigenvalue weighted by atomic mass is 16.5. The van der Waals surface area contributed by atoms with Gasteiger partial charge in [0.2, 0.25) is 0 Å². The molecule has 3 heteroatoms. The Morgan fingerprint density at radius 1 is 1.24 bits per heavy atom. The molecule has 0 radical (unpaired) electrons. The molecule has 2 rings (SSSR count). The summed E-state index contributed by atoms with van der Waals surface area (Å²) >= 11 is 0. The van der Waals surface area contributed by atoms with E-state index in [1.54, 1.807) is 0 Å². The molecule has 2 atom stereocenters. The molecular weight excluding hydrogens is 262 g/mol. The number of aliphatic hydroxyl groups is 1. The second-order valence-corrected chi connectivity index (χ2v) is 6.10. The summed E-state index contributed by atoms with van der Waals surface area (Å²) in [5.41, 5.74) is 2.37. The van der Waals surface area contributed by atoms with Crippen LogP contribution in [0.1, 0.15) is 30.4 Å². The number of aryl methyl sites for hydroxylation is 2. The second-order valence-electron chi connectivity index (χ2n) is 6.10. The highest BCUT2D eigenvalue weighted by Gasteiger charge is 2.11. The van der Waals surface area contributed by atoms with Crippen molar-refractivity contribution in [3.05, 3.63) is 41.5 Å². The lowest BCUT2D eigenvalue weighted by atomic mass is 9.94. The standard InChI is InChI=1S/C18H27NO2/c1-14-8-15(2)10-18(9-14)21-13-17(20)12-19-11-16-6-4-3-5-7-16/h3-4,8-10,16-17,19-20H,5-7,11-13H2,1-2H3. The zero-order chi connectivity index (χ0) is 15.1. The summed E-state index contributed by atoms with van der Waals surface area (Å²) in [5, 5.41) is 13.3. The van der Waals surface area contributed by atoms with Gasteiger partial charge in [-0.1, -0.05) is 18.2 Å². The lowest BCUT2D eigenvalue weighted by Gasteiger charge is -2.19. The van der Waals surface area contributed by atoms with Crippen molar-refractivity contribution in [3.63, 3.8) is 0 Å². The molecule has 0 aliphatic heterocycles. The summed E-state index contributed by atoms with van der Waals surface area (Å²) in [4.78, 5) is 0. The van der Waals surface area contributed by atoms with E-state index in [-0.39, 0.29) is 0 Å². The summed E-state index contributed by atoms with van der Waals surface area (Å²) in [6.07, 6.45) is 7.63. The summed E-state index contributed by atoms with van der Waals surface area (Å²) in [5.74, 6) is 1.55. The largest absolute Gasteiger partial charge is 0.491 e. The monoisotopic (exact) mass is 289 g/mol. The van der Waals surface area contributed by atoms with E-state index in [0.29, 0.717) is 19.1 Å². The van der Waals surface area contributed by atoms with Crippen LogP contribution in [-0.4, -0.2) is 30.9 Å². The number of allylic oxidation sites excluding steroid dienone is 2. The smallest absolute Gasteiger partial charge is 0.119 e. The van der Waals surface area contributed by atoms with E-state index in [0.717, 1.165) is 18.7 Å². The molecule has 1 aromatic rings. The van der Waals surface area contributed by atoms with Gasteiger partial charge in [-0.05, 0) is 68.8 Å². The average Bonchev–Trinajstić information content (AvgIpc) is 2.45. The van der Waals surface area contributed by atoms with Crippen molar-refractivity contribution in [1.82, 2.24) is 5.32 Å². The van der Waals surface area contributed by atoms with Crippen LogP contribution in [0.25, 0.3) is 0 Å². The number of aliphatic hydroxyl groups excluding tert-OH is 1. The number of ether oxygens (including phenoxy) is 1. The van der Waals surface area contributed by atoms with Gasteiger partial charge in [-0.25, -0.2) is 0 Å². The van der Waals surface area contributed by atoms with Gasteiger partial charge in [0.1, 0.15) is 18.5 Å². The van der Waals surface area contributed by atoms with Crippen LogP contribution in [0, 0.1) is 19.8 Å². The molecule has 0 aromatic heterocycles. The lowest BCUT2D eigenvalue weighted by molar-refractivity contribution is 0.105. The van der Waals surface area contributed by atoms with Gasteiger partial charge in [-0.15, -0.1) is 0 Å². The molecule has 2 unspecified atom stereocenters. The van der Waals surface area contributed by atoms with Crippen LogP contribution >= 0.6 is 0 Å². The predicted molar refractivity (Wildman–Crippen MR) is 86.8 cm³/mol. The topological polar surface area (TPSA) is 41.5 Å². The number of benzene rings is 1. The molecular formula is C18H27NO2. The molecule has 0 bridgehead atoms. The maximum absolute atomic E-state index is 9.98. The minimum absolute atomic E-state index is 0.334. The maximum Gasteiger partial charge on any atom is 0.119 e. The van der Waals surface area contributed by atoms with E-state index < -0.39 is 6.10 Å². The van der Waals surface area contributed by atoms with Gasteiger partial charge in [0.05, 0.1) is 0 Å². The number of rotatable bonds is 7. The highest BCUT2D eigenvalue weighted by molar-refractivity contribution is 5.32. The van der Waals surface area contributed by atoms with E-state index >= 15 is 0 Å². The van der Waals surface area contributed by atoms with Gasteiger partial charge in [0.25, 0.3) is 0 Å². The SMILES string of the molecule is Cc1cc(C)cc(OCC(O)CNCC2CC=CCC2)c1. The van der Waals surface area contributed by atoms with Gasteiger partial charge >= 0.3 is 0 Å². The third-order valence-corrected chi connectivity index (χ3v) is 3.83. The van der Waals surface area contributed by atoms with Crippen LogP contribution in [0.3, 0.4) is 0 Å². The van der Waals surface area contributed by atoms with Gasteiger partial charge in [0, 0.05) is 6.54 Å². The molecule has 0 amide bonds. The third kappa shape index (κ3) is 5.90. The van der Waals surface area contributed by atoms with E-state index in [1.807, 2.05) is 12.1 Å². The van der Waals surface area contributed by atoms with Crippen molar-refractivity contribution in [2.45, 2.75) is 39.2 Å². The second kappa shape index (κ2) is 8.20. The fraction of sp³-hybridized carbons (Fsp3) is 0.556. The Labute approximate surface area is 128 Å². The van der Waals surface area contributed by atoms with Crippen LogP contribution in [0.2, 0.25) is 0 Å². The molecule has 2 N–H and O–H groups in total. The van der Waals surface area contributed by atoms with Gasteiger partial charge in [-0.2, -0.15) is 0 Å². The van der Waals surface area contributed by atoms with Gasteiger partial charge in [0.15, 0.2) is 0 Å². The molecule has 21 heavy (non-hydrogen) atoms. The van der Waals surface area contributed by atoms with Crippen LogP contribution in [0.4, 0.5) is 0 Å². The Balaban J connectivity index is 1.65. The number of hydrogen-bond donors (Lipinski definition) is 2. The quantitative estimate of drug-likeness (QED) is 0.758. The van der Waals surface area contributed by atoms with E-state index in [4.69, 9.17) is 4.74 Å². The minimum atomic E-state index is -0.468. The van der Waals surface area contributed by atoms with E-state index in [1.165, 1.54) is 24.0 Å². The third-order valence-electron chi connectivity index (χ3n) is 3.83. The first kappa shape index (κ1) is 16.1. The highest BCUT2D eigenvalue weighted by Crippen LogP contribution is 2.17. The number of nitrogens with one attached hydrogen (secondary N) is 1. The van der Waals surface area contributed by atoms with Crippen molar-refractivity contribution in [1.29, 1.82) is 0 Å². The lowest BCUT2D eigenvalue weighted by Crippen LogP contribution is -2.34. The fourth-order valence-corrected chi connectivity index (χ4v) is 2.76. The molecule has 0 spiro atoms. The first-order chi connectivity index (χ1) is 10.1. The zero-order valence-corrected chi connectivity index (χ0v) is 13.1. The molecule has 0 fully saturated rings. The Bertz CT molecular complexity index is 450. The van der Waals surface area contributed by atoms with Crippen LogP contribution in [0.5, 0.6) is 5.75 Å². The Morgan fingerprint density at radius 2 is 2.00 bits per heavy atom. The van der Waals surface area contributed by atoms with Crippen molar-refractivity contribution >= 4 is 0 Å². The Kier molecular flexibility index (Phi) is 6.27. The van der Waals surface area contributed by atoms with Crippen LogP contribution in [0.15, 0.2) is 30.4 Å². The van der Waals surface area contributed by atoms with Crippen molar-refractivity contribution < 1.29 is 9.84 Å². The zero-order valence-electron chi connectivity index (χ0n) is 13.1. The summed E-state index contributed by atoms with van der Waals surface area (Å²) in [6, 6.07) is 6.12. The molecule has 1 aromatic carbocycles. The average molecular weight is 289 g/mol. The van der Waals surface area contributed by atoms with Crippen molar-refractivity contribution in [2.24, 2.45) is 5.92 Å². The van der Waals surface area contributed by atoms with Crippen LogP contribution in [-0.2, 0) is 0 Å². The van der Waals surface area contributed by atoms with E-state index in [2.05, 4.69) is 37.4 Å². The van der Waals surface area contributed by atoms with Crippen molar-refractivity contribution in [3.8, 4) is 5.75 Å². The molecule has 3 nitrogen and oxygen atoms in total. The Hall–Kier alpha value is -1.32. The van der Waals surface area contributed by atoms with E-state index in [9.17, 15) is 5.11 Å². The van der Waals surface area contributed by atoms with Gasteiger partial charge in [-0.3, -0.25) is 0 Å². The molecule has 0 heterocycles. The summed E-state index contributed by atoms with van der Waals surface area (Å²) in [7, 11) is 0. The molecule has 1 aliphatic carbocycles. The Morgan fingerprint density at radius 3 is 2.67 bits per heavy atom. The van der Waals surface area contributed by atoms with Crippen molar-refractivity contribution in [2.75, 3.05) is 19.7 Å². The maximum atomic E-state index is 9.98. The minimum Gasteiger partial charge on any atom is -0.491 e. The predicted octanol–water partition coefficient (Wildman–Crippen LogP) is 2.99. The summed E-state index contributed by atoms with van der Waals surface area (Å²) in [6.45, 7) is 6.00. The fourth-order valence-electron chi connectivity index (χ4n) is 2.76. The molecule has 0 saturated heterocycles. The molecule has 116 valence electrons. The summed E-state index contributed by atoms with van der Waals surface area (Å²) < 4.78 is 5.67. The first-order valence-electron chi connectivity index (χ1n) is 7.88. The number of hydrogen-bond acceptors (Lipinski definition) is 3. The normalized spacial score (nSPS) is 19.5. The molecule has 0 saturated carbocycles. The van der Waals surface area contributed by atoms with Gasteiger partial charge < -0.3 is 15.2 Å². The molecule has 1 aliphatic rings.